The SMILES string of the molecule is CN(CCS(C)(=O)=O)c1nc(C(C)(C)C(=O)O)cs1. The van der Waals surface area contributed by atoms with Gasteiger partial charge in [0.25, 0.3) is 0 Å². The Balaban J connectivity index is 2.83. The van der Waals surface area contributed by atoms with E-state index < -0.39 is 21.2 Å². The quantitative estimate of drug-likeness (QED) is 0.843. The molecule has 0 bridgehead atoms. The summed E-state index contributed by atoms with van der Waals surface area (Å²) in [6.45, 7) is 3.51. The van der Waals surface area contributed by atoms with Crippen molar-refractivity contribution in [2.24, 2.45) is 0 Å². The van der Waals surface area contributed by atoms with Gasteiger partial charge in [-0.1, -0.05) is 0 Å². The van der Waals surface area contributed by atoms with Gasteiger partial charge in [-0.15, -0.1) is 11.3 Å². The zero-order valence-electron chi connectivity index (χ0n) is 11.4. The molecule has 0 aliphatic carbocycles. The maximum Gasteiger partial charge on any atom is 0.315 e. The predicted octanol–water partition coefficient (Wildman–Crippen LogP) is 0.986. The molecule has 0 aliphatic heterocycles. The third kappa shape index (κ3) is 4.17. The number of thiazole rings is 1. The van der Waals surface area contributed by atoms with Crippen molar-refractivity contribution in [3.05, 3.63) is 11.1 Å². The molecule has 0 spiro atoms. The highest BCUT2D eigenvalue weighted by Crippen LogP contribution is 2.28. The lowest BCUT2D eigenvalue weighted by Crippen LogP contribution is -2.29. The van der Waals surface area contributed by atoms with Crippen molar-refractivity contribution in [1.82, 2.24) is 4.98 Å². The molecule has 0 atom stereocenters. The third-order valence-electron chi connectivity index (χ3n) is 2.79. The summed E-state index contributed by atoms with van der Waals surface area (Å²) in [6.07, 6.45) is 1.18. The summed E-state index contributed by atoms with van der Waals surface area (Å²) in [4.78, 5) is 17.1. The van der Waals surface area contributed by atoms with Gasteiger partial charge in [0.05, 0.1) is 11.4 Å². The fraction of sp³-hybridized carbons (Fsp3) is 0.636. The lowest BCUT2D eigenvalue weighted by atomic mass is 9.90. The summed E-state index contributed by atoms with van der Waals surface area (Å²) in [6, 6.07) is 0. The molecule has 108 valence electrons. The standard InChI is InChI=1S/C11H18N2O4S2/c1-11(2,9(14)15)8-7-18-10(12-8)13(3)5-6-19(4,16)17/h7H,5-6H2,1-4H3,(H,14,15). The first-order valence-corrected chi connectivity index (χ1v) is 8.56. The molecule has 0 aromatic carbocycles. The Hall–Kier alpha value is -1.15. The largest absolute Gasteiger partial charge is 0.481 e. The van der Waals surface area contributed by atoms with E-state index in [0.717, 1.165) is 0 Å². The minimum absolute atomic E-state index is 0.0424. The predicted molar refractivity (Wildman–Crippen MR) is 75.8 cm³/mol. The zero-order valence-corrected chi connectivity index (χ0v) is 13.0. The van der Waals surface area contributed by atoms with Gasteiger partial charge in [-0.2, -0.15) is 0 Å². The van der Waals surface area contributed by atoms with Gasteiger partial charge in [-0.3, -0.25) is 4.79 Å². The van der Waals surface area contributed by atoms with E-state index in [0.29, 0.717) is 17.4 Å². The minimum Gasteiger partial charge on any atom is -0.481 e. The first-order valence-electron chi connectivity index (χ1n) is 5.62. The van der Waals surface area contributed by atoms with Gasteiger partial charge in [0.15, 0.2) is 5.13 Å². The fourth-order valence-electron chi connectivity index (χ4n) is 1.23. The average molecular weight is 306 g/mol. The molecule has 6 nitrogen and oxygen atoms in total. The second-order valence-electron chi connectivity index (χ2n) is 5.00. The molecule has 0 fully saturated rings. The van der Waals surface area contributed by atoms with Crippen LogP contribution >= 0.6 is 11.3 Å². The van der Waals surface area contributed by atoms with Crippen LogP contribution in [0.25, 0.3) is 0 Å². The molecular formula is C11H18N2O4S2. The number of aromatic nitrogens is 1. The Labute approximate surface area is 117 Å². The van der Waals surface area contributed by atoms with Crippen LogP contribution in [0, 0.1) is 0 Å². The van der Waals surface area contributed by atoms with E-state index in [1.54, 1.807) is 31.2 Å². The van der Waals surface area contributed by atoms with Crippen LogP contribution in [0.15, 0.2) is 5.38 Å². The average Bonchev–Trinajstić information content (AvgIpc) is 2.74. The number of carbonyl (C=O) groups is 1. The van der Waals surface area contributed by atoms with Crippen molar-refractivity contribution in [2.75, 3.05) is 30.5 Å². The molecule has 0 unspecified atom stereocenters. The molecular weight excluding hydrogens is 288 g/mol. The monoisotopic (exact) mass is 306 g/mol. The van der Waals surface area contributed by atoms with Gasteiger partial charge in [-0.25, -0.2) is 13.4 Å². The number of rotatable bonds is 6. The van der Waals surface area contributed by atoms with E-state index >= 15 is 0 Å². The Bertz CT molecular complexity index is 563. The van der Waals surface area contributed by atoms with Crippen LogP contribution in [0.1, 0.15) is 19.5 Å². The van der Waals surface area contributed by atoms with Crippen molar-refractivity contribution in [3.63, 3.8) is 0 Å². The molecule has 1 N–H and O–H groups in total. The van der Waals surface area contributed by atoms with Crippen molar-refractivity contribution in [1.29, 1.82) is 0 Å². The van der Waals surface area contributed by atoms with Gasteiger partial charge in [0.1, 0.15) is 15.3 Å². The first kappa shape index (κ1) is 15.9. The summed E-state index contributed by atoms with van der Waals surface area (Å²) in [5.74, 6) is -0.899. The highest BCUT2D eigenvalue weighted by molar-refractivity contribution is 7.90. The van der Waals surface area contributed by atoms with E-state index in [9.17, 15) is 13.2 Å². The molecule has 8 heteroatoms. The summed E-state index contributed by atoms with van der Waals surface area (Å²) in [5.41, 5.74) is -0.571. The second kappa shape index (κ2) is 5.46. The minimum atomic E-state index is -3.02. The Morgan fingerprint density at radius 3 is 2.58 bits per heavy atom. The van der Waals surface area contributed by atoms with Gasteiger partial charge in [-0.05, 0) is 13.8 Å². The van der Waals surface area contributed by atoms with Crippen LogP contribution in [0.3, 0.4) is 0 Å². The number of carboxylic acid groups (broad SMARTS) is 1. The van der Waals surface area contributed by atoms with E-state index in [4.69, 9.17) is 5.11 Å². The van der Waals surface area contributed by atoms with Gasteiger partial charge in [0.2, 0.25) is 0 Å². The van der Waals surface area contributed by atoms with Crippen molar-refractivity contribution in [3.8, 4) is 0 Å². The molecule has 1 heterocycles. The molecule has 1 rings (SSSR count). The summed E-state index contributed by atoms with van der Waals surface area (Å²) < 4.78 is 22.2. The smallest absolute Gasteiger partial charge is 0.315 e. The first-order chi connectivity index (χ1) is 8.54. The summed E-state index contributed by atoms with van der Waals surface area (Å²) in [5, 5.41) is 11.4. The number of sulfone groups is 1. The number of nitrogens with zero attached hydrogens (tertiary/aromatic N) is 2. The molecule has 1 aromatic heterocycles. The maximum atomic E-state index is 11.1. The highest BCUT2D eigenvalue weighted by atomic mass is 32.2. The number of aliphatic carboxylic acids is 1. The summed E-state index contributed by atoms with van der Waals surface area (Å²) in [7, 11) is -1.28. The van der Waals surface area contributed by atoms with E-state index in [2.05, 4.69) is 4.98 Å². The lowest BCUT2D eigenvalue weighted by molar-refractivity contribution is -0.142. The van der Waals surface area contributed by atoms with Crippen molar-refractivity contribution >= 4 is 32.3 Å². The van der Waals surface area contributed by atoms with Gasteiger partial charge >= 0.3 is 5.97 Å². The van der Waals surface area contributed by atoms with Gasteiger partial charge < -0.3 is 10.0 Å². The van der Waals surface area contributed by atoms with Crippen molar-refractivity contribution in [2.45, 2.75) is 19.3 Å². The Morgan fingerprint density at radius 1 is 1.53 bits per heavy atom. The van der Waals surface area contributed by atoms with Gasteiger partial charge in [0, 0.05) is 25.2 Å². The molecule has 0 radical (unpaired) electrons. The maximum absolute atomic E-state index is 11.1. The van der Waals surface area contributed by atoms with Crippen LogP contribution in [0.5, 0.6) is 0 Å². The lowest BCUT2D eigenvalue weighted by Gasteiger charge is -2.17. The molecule has 0 saturated heterocycles. The van der Waals surface area contributed by atoms with Crippen molar-refractivity contribution < 1.29 is 18.3 Å². The number of hydrogen-bond donors (Lipinski definition) is 1. The van der Waals surface area contributed by atoms with E-state index in [-0.39, 0.29) is 5.75 Å². The second-order valence-corrected chi connectivity index (χ2v) is 8.09. The third-order valence-corrected chi connectivity index (χ3v) is 4.67. The van der Waals surface area contributed by atoms with Crippen LogP contribution in [-0.4, -0.2) is 50.1 Å². The Morgan fingerprint density at radius 2 is 2.11 bits per heavy atom. The number of hydrogen-bond acceptors (Lipinski definition) is 6. The van der Waals surface area contributed by atoms with E-state index in [1.807, 2.05) is 0 Å². The Kier molecular flexibility index (Phi) is 4.57. The topological polar surface area (TPSA) is 87.6 Å². The van der Waals surface area contributed by atoms with Crippen LogP contribution in [-0.2, 0) is 20.0 Å². The van der Waals surface area contributed by atoms with Crippen LogP contribution in [0.4, 0.5) is 5.13 Å². The molecule has 1 aromatic rings. The molecule has 0 aliphatic rings. The van der Waals surface area contributed by atoms with Crippen LogP contribution < -0.4 is 4.90 Å². The normalized spacial score (nSPS) is 12.4. The highest BCUT2D eigenvalue weighted by Gasteiger charge is 2.32. The molecule has 19 heavy (non-hydrogen) atoms. The number of carboxylic acids is 1. The zero-order chi connectivity index (χ0) is 14.8. The fourth-order valence-corrected chi connectivity index (χ4v) is 2.83. The molecule has 0 saturated carbocycles. The van der Waals surface area contributed by atoms with E-state index in [1.165, 1.54) is 17.6 Å². The van der Waals surface area contributed by atoms with Crippen LogP contribution in [0.2, 0.25) is 0 Å². The molecule has 0 amide bonds. The summed E-state index contributed by atoms with van der Waals surface area (Å²) >= 11 is 1.31. The number of anilines is 1.